The van der Waals surface area contributed by atoms with Crippen molar-refractivity contribution in [2.75, 3.05) is 11.3 Å². The highest BCUT2D eigenvalue weighted by Crippen LogP contribution is 2.27. The summed E-state index contributed by atoms with van der Waals surface area (Å²) in [5.41, 5.74) is 5.22. The fourth-order valence-corrected chi connectivity index (χ4v) is 3.14. The van der Waals surface area contributed by atoms with Crippen molar-refractivity contribution in [1.29, 1.82) is 0 Å². The minimum atomic E-state index is -3.90. The minimum absolute atomic E-state index is 0.0545. The van der Waals surface area contributed by atoms with Crippen LogP contribution < -0.4 is 10.5 Å². The largest absolute Gasteiger partial charge is 0.329 e. The number of anilines is 1. The van der Waals surface area contributed by atoms with Gasteiger partial charge >= 0.3 is 0 Å². The van der Waals surface area contributed by atoms with Crippen molar-refractivity contribution in [2.24, 2.45) is 5.73 Å². The molecule has 3 N–H and O–H groups in total. The van der Waals surface area contributed by atoms with Crippen LogP contribution in [-0.4, -0.2) is 24.7 Å². The van der Waals surface area contributed by atoms with E-state index in [-0.39, 0.29) is 10.6 Å². The summed E-state index contributed by atoms with van der Waals surface area (Å²) < 4.78 is 41.8. The van der Waals surface area contributed by atoms with Crippen LogP contribution in [0.5, 0.6) is 0 Å². The highest BCUT2D eigenvalue weighted by molar-refractivity contribution is 9.10. The second-order valence-corrected chi connectivity index (χ2v) is 6.47. The number of rotatable bonds is 5. The van der Waals surface area contributed by atoms with E-state index in [0.29, 0.717) is 17.6 Å². The quantitative estimate of drug-likeness (QED) is 0.843. The second-order valence-electron chi connectivity index (χ2n) is 3.93. The molecule has 0 aliphatic heterocycles. The summed E-state index contributed by atoms with van der Waals surface area (Å²) in [4.78, 5) is -0.0545. The number of para-hydroxylation sites is 1. The Morgan fingerprint density at radius 2 is 2.20 bits per heavy atom. The van der Waals surface area contributed by atoms with Crippen molar-refractivity contribution in [1.82, 2.24) is 9.78 Å². The van der Waals surface area contributed by atoms with Gasteiger partial charge in [0.15, 0.2) is 0 Å². The summed E-state index contributed by atoms with van der Waals surface area (Å²) in [5, 5.41) is 3.87. The summed E-state index contributed by atoms with van der Waals surface area (Å²) in [6.45, 7) is 0.742. The highest BCUT2D eigenvalue weighted by Gasteiger charge is 2.19. The molecule has 6 nitrogen and oxygen atoms in total. The third-order valence-electron chi connectivity index (χ3n) is 2.48. The number of hydrogen-bond donors (Lipinski definition) is 2. The number of nitrogens with two attached hydrogens (primary N) is 1. The van der Waals surface area contributed by atoms with Crippen LogP contribution in [0.1, 0.15) is 0 Å². The van der Waals surface area contributed by atoms with Gasteiger partial charge in [-0.25, -0.2) is 12.8 Å². The molecule has 0 saturated heterocycles. The number of benzene rings is 1. The molecule has 1 aromatic carbocycles. The van der Waals surface area contributed by atoms with Crippen LogP contribution in [0.3, 0.4) is 0 Å². The van der Waals surface area contributed by atoms with Crippen LogP contribution in [0, 0.1) is 5.82 Å². The van der Waals surface area contributed by atoms with E-state index in [9.17, 15) is 12.8 Å². The average molecular weight is 363 g/mol. The van der Waals surface area contributed by atoms with E-state index in [4.69, 9.17) is 5.73 Å². The van der Waals surface area contributed by atoms with Gasteiger partial charge in [-0.1, -0.05) is 6.07 Å². The Labute approximate surface area is 124 Å². The molecule has 0 saturated carbocycles. The lowest BCUT2D eigenvalue weighted by molar-refractivity contribution is 0.597. The average Bonchev–Trinajstić information content (AvgIpc) is 2.84. The molecule has 1 heterocycles. The monoisotopic (exact) mass is 362 g/mol. The van der Waals surface area contributed by atoms with E-state index >= 15 is 0 Å². The second kappa shape index (κ2) is 5.90. The van der Waals surface area contributed by atoms with E-state index in [1.54, 1.807) is 6.07 Å². The van der Waals surface area contributed by atoms with Crippen molar-refractivity contribution in [2.45, 2.75) is 11.4 Å². The van der Waals surface area contributed by atoms with Gasteiger partial charge in [0.05, 0.1) is 18.4 Å². The molecule has 2 aromatic rings. The molecular formula is C11H12BrFN4O2S. The maximum atomic E-state index is 13.6. The van der Waals surface area contributed by atoms with Gasteiger partial charge in [0.1, 0.15) is 10.7 Å². The van der Waals surface area contributed by atoms with Crippen molar-refractivity contribution < 1.29 is 12.8 Å². The standard InChI is InChI=1S/C11H12BrFN4O2S/c12-9-2-1-3-10(13)11(9)16-20(18,19)8-6-15-17(7-8)5-4-14/h1-3,6-7,16H,4-5,14H2. The van der Waals surface area contributed by atoms with Gasteiger partial charge in [-0.3, -0.25) is 9.40 Å². The molecule has 0 fully saturated rings. The summed E-state index contributed by atoms with van der Waals surface area (Å²) in [6, 6.07) is 4.18. The van der Waals surface area contributed by atoms with Crippen LogP contribution in [0.4, 0.5) is 10.1 Å². The first kappa shape index (κ1) is 14.9. The Kier molecular flexibility index (Phi) is 4.41. The summed E-state index contributed by atoms with van der Waals surface area (Å²) in [7, 11) is -3.90. The van der Waals surface area contributed by atoms with Crippen molar-refractivity contribution >= 4 is 31.6 Å². The van der Waals surface area contributed by atoms with Gasteiger partial charge in [0.2, 0.25) is 0 Å². The lowest BCUT2D eigenvalue weighted by Crippen LogP contribution is -2.14. The highest BCUT2D eigenvalue weighted by atomic mass is 79.9. The Morgan fingerprint density at radius 3 is 2.85 bits per heavy atom. The Balaban J connectivity index is 2.31. The van der Waals surface area contributed by atoms with Crippen molar-refractivity contribution in [3.8, 4) is 0 Å². The normalized spacial score (nSPS) is 11.6. The van der Waals surface area contributed by atoms with Crippen LogP contribution >= 0.6 is 15.9 Å². The molecule has 2 rings (SSSR count). The first-order valence-electron chi connectivity index (χ1n) is 5.63. The lowest BCUT2D eigenvalue weighted by atomic mass is 10.3. The van der Waals surface area contributed by atoms with Gasteiger partial charge in [0, 0.05) is 17.2 Å². The van der Waals surface area contributed by atoms with E-state index in [1.165, 1.54) is 29.2 Å². The predicted octanol–water partition coefficient (Wildman–Crippen LogP) is 1.54. The number of hydrogen-bond acceptors (Lipinski definition) is 4. The zero-order chi connectivity index (χ0) is 14.8. The molecule has 0 bridgehead atoms. The number of aromatic nitrogens is 2. The van der Waals surface area contributed by atoms with E-state index in [1.807, 2.05) is 0 Å². The van der Waals surface area contributed by atoms with Crippen molar-refractivity contribution in [3.63, 3.8) is 0 Å². The smallest absolute Gasteiger partial charge is 0.265 e. The third kappa shape index (κ3) is 3.17. The van der Waals surface area contributed by atoms with Crippen molar-refractivity contribution in [3.05, 3.63) is 40.9 Å². The third-order valence-corrected chi connectivity index (χ3v) is 4.44. The molecule has 9 heteroatoms. The Morgan fingerprint density at radius 1 is 1.45 bits per heavy atom. The van der Waals surface area contributed by atoms with Gasteiger partial charge in [-0.05, 0) is 28.1 Å². The lowest BCUT2D eigenvalue weighted by Gasteiger charge is -2.09. The molecule has 0 unspecified atom stereocenters. The molecule has 0 spiro atoms. The fourth-order valence-electron chi connectivity index (χ4n) is 1.53. The summed E-state index contributed by atoms with van der Waals surface area (Å²) >= 11 is 3.10. The number of nitrogens with zero attached hydrogens (tertiary/aromatic N) is 2. The predicted molar refractivity (Wildman–Crippen MR) is 76.2 cm³/mol. The molecule has 0 atom stereocenters. The maximum Gasteiger partial charge on any atom is 0.265 e. The van der Waals surface area contributed by atoms with Gasteiger partial charge in [0.25, 0.3) is 10.0 Å². The Hall–Kier alpha value is -1.45. The maximum absolute atomic E-state index is 13.6. The summed E-state index contributed by atoms with van der Waals surface area (Å²) in [6.07, 6.45) is 2.52. The molecular weight excluding hydrogens is 351 g/mol. The number of sulfonamides is 1. The first-order chi connectivity index (χ1) is 9.44. The van der Waals surface area contributed by atoms with E-state index in [0.717, 1.165) is 0 Å². The molecule has 0 aliphatic carbocycles. The SMILES string of the molecule is NCCn1cc(S(=O)(=O)Nc2c(F)cccc2Br)cn1. The molecule has 20 heavy (non-hydrogen) atoms. The van der Waals surface area contributed by atoms with Gasteiger partial charge in [-0.15, -0.1) is 0 Å². The summed E-state index contributed by atoms with van der Waals surface area (Å²) in [5.74, 6) is -0.669. The van der Waals surface area contributed by atoms with E-state index in [2.05, 4.69) is 25.8 Å². The number of halogens is 2. The minimum Gasteiger partial charge on any atom is -0.329 e. The zero-order valence-electron chi connectivity index (χ0n) is 10.3. The molecule has 0 radical (unpaired) electrons. The van der Waals surface area contributed by atoms with Gasteiger partial charge < -0.3 is 5.73 Å². The van der Waals surface area contributed by atoms with Crippen LogP contribution in [0.15, 0.2) is 40.0 Å². The molecule has 0 aliphatic rings. The molecule has 0 amide bonds. The fraction of sp³-hybridized carbons (Fsp3) is 0.182. The van der Waals surface area contributed by atoms with Gasteiger partial charge in [-0.2, -0.15) is 5.10 Å². The molecule has 108 valence electrons. The zero-order valence-corrected chi connectivity index (χ0v) is 12.7. The topological polar surface area (TPSA) is 90.0 Å². The molecule has 1 aromatic heterocycles. The van der Waals surface area contributed by atoms with Crippen LogP contribution in [0.25, 0.3) is 0 Å². The Bertz CT molecular complexity index is 697. The number of nitrogens with one attached hydrogen (secondary N) is 1. The van der Waals surface area contributed by atoms with Crippen LogP contribution in [0.2, 0.25) is 0 Å². The first-order valence-corrected chi connectivity index (χ1v) is 7.91. The van der Waals surface area contributed by atoms with E-state index < -0.39 is 15.8 Å². The van der Waals surface area contributed by atoms with Crippen LogP contribution in [-0.2, 0) is 16.6 Å².